The molecule has 1 saturated heterocycles. The minimum atomic E-state index is 0.495. The minimum Gasteiger partial charge on any atom is -0.355 e. The topological polar surface area (TPSA) is 34.1 Å². The van der Waals surface area contributed by atoms with Gasteiger partial charge in [-0.15, -0.1) is 0 Å². The smallest absolute Gasteiger partial charge is 0.193 e. The summed E-state index contributed by atoms with van der Waals surface area (Å²) < 4.78 is 0. The summed E-state index contributed by atoms with van der Waals surface area (Å²) in [5.74, 6) is 0.913. The van der Waals surface area contributed by atoms with Crippen LogP contribution in [-0.4, -0.2) is 80.6 Å². The molecule has 1 aliphatic heterocycles. The SMILES string of the molecule is CN=C(NCC(C)N1CCN(C)CC1)N(C)Cc1cccc(Cl)c1. The van der Waals surface area contributed by atoms with Crippen molar-refractivity contribution in [2.75, 3.05) is 53.9 Å². The normalized spacial score (nSPS) is 18.5. The summed E-state index contributed by atoms with van der Waals surface area (Å²) in [7, 11) is 6.07. The Morgan fingerprint density at radius 3 is 2.67 bits per heavy atom. The van der Waals surface area contributed by atoms with Crippen molar-refractivity contribution in [2.45, 2.75) is 19.5 Å². The molecular formula is C18H30ClN5. The molecule has 1 aromatic carbocycles. The van der Waals surface area contributed by atoms with Gasteiger partial charge < -0.3 is 15.1 Å². The van der Waals surface area contributed by atoms with E-state index in [-0.39, 0.29) is 0 Å². The highest BCUT2D eigenvalue weighted by Gasteiger charge is 2.19. The van der Waals surface area contributed by atoms with E-state index < -0.39 is 0 Å². The average Bonchev–Trinajstić information content (AvgIpc) is 2.56. The lowest BCUT2D eigenvalue weighted by Gasteiger charge is -2.37. The van der Waals surface area contributed by atoms with Crippen LogP contribution in [-0.2, 0) is 6.54 Å². The van der Waals surface area contributed by atoms with Crippen LogP contribution in [0, 0.1) is 0 Å². The van der Waals surface area contributed by atoms with E-state index in [0.717, 1.165) is 50.3 Å². The zero-order valence-electron chi connectivity index (χ0n) is 15.3. The van der Waals surface area contributed by atoms with Crippen molar-refractivity contribution >= 4 is 17.6 Å². The largest absolute Gasteiger partial charge is 0.355 e. The van der Waals surface area contributed by atoms with Crippen LogP contribution in [0.2, 0.25) is 5.02 Å². The van der Waals surface area contributed by atoms with Gasteiger partial charge in [-0.05, 0) is 31.7 Å². The first-order valence-electron chi connectivity index (χ1n) is 8.58. The first kappa shape index (κ1) is 19.0. The van der Waals surface area contributed by atoms with Gasteiger partial charge >= 0.3 is 0 Å². The molecule has 24 heavy (non-hydrogen) atoms. The molecule has 0 amide bonds. The monoisotopic (exact) mass is 351 g/mol. The van der Waals surface area contributed by atoms with Crippen molar-refractivity contribution in [3.8, 4) is 0 Å². The Morgan fingerprint density at radius 1 is 1.33 bits per heavy atom. The second-order valence-corrected chi connectivity index (χ2v) is 7.04. The molecule has 1 atom stereocenters. The number of halogens is 1. The first-order chi connectivity index (χ1) is 11.5. The van der Waals surface area contributed by atoms with E-state index >= 15 is 0 Å². The quantitative estimate of drug-likeness (QED) is 0.650. The molecule has 0 aliphatic carbocycles. The van der Waals surface area contributed by atoms with E-state index in [4.69, 9.17) is 11.6 Å². The summed E-state index contributed by atoms with van der Waals surface area (Å²) in [6, 6.07) is 8.46. The lowest BCUT2D eigenvalue weighted by Crippen LogP contribution is -2.52. The summed E-state index contributed by atoms with van der Waals surface area (Å²) in [5, 5.41) is 4.27. The van der Waals surface area contributed by atoms with Crippen LogP contribution in [0.3, 0.4) is 0 Å². The molecule has 2 rings (SSSR count). The number of nitrogens with one attached hydrogen (secondary N) is 1. The second kappa shape index (κ2) is 9.25. The van der Waals surface area contributed by atoms with E-state index in [1.54, 1.807) is 0 Å². The Balaban J connectivity index is 1.83. The van der Waals surface area contributed by atoms with Crippen LogP contribution in [0.5, 0.6) is 0 Å². The molecule has 6 heteroatoms. The van der Waals surface area contributed by atoms with Crippen molar-refractivity contribution in [1.82, 2.24) is 20.0 Å². The van der Waals surface area contributed by atoms with Gasteiger partial charge in [-0.25, -0.2) is 0 Å². The second-order valence-electron chi connectivity index (χ2n) is 6.60. The molecule has 1 fully saturated rings. The maximum atomic E-state index is 6.07. The standard InChI is InChI=1S/C18H30ClN5/c1-15(24-10-8-22(3)9-11-24)13-21-18(20-2)23(4)14-16-6-5-7-17(19)12-16/h5-7,12,15H,8-11,13-14H2,1-4H3,(H,20,21). The number of guanidine groups is 1. The van der Waals surface area contributed by atoms with Gasteiger partial charge in [0.2, 0.25) is 0 Å². The molecule has 0 bridgehead atoms. The number of aliphatic imine (C=N–C) groups is 1. The predicted molar refractivity (Wildman–Crippen MR) is 103 cm³/mol. The highest BCUT2D eigenvalue weighted by molar-refractivity contribution is 6.30. The lowest BCUT2D eigenvalue weighted by atomic mass is 10.2. The van der Waals surface area contributed by atoms with Gasteiger partial charge in [0.1, 0.15) is 0 Å². The molecule has 0 spiro atoms. The Bertz CT molecular complexity index is 540. The fourth-order valence-corrected chi connectivity index (χ4v) is 3.21. The third kappa shape index (κ3) is 5.65. The zero-order chi connectivity index (χ0) is 17.5. The van der Waals surface area contributed by atoms with Crippen LogP contribution < -0.4 is 5.32 Å². The van der Waals surface area contributed by atoms with Crippen molar-refractivity contribution in [3.05, 3.63) is 34.9 Å². The molecule has 1 heterocycles. The fraction of sp³-hybridized carbons (Fsp3) is 0.611. The maximum Gasteiger partial charge on any atom is 0.193 e. The number of rotatable bonds is 5. The number of hydrogen-bond acceptors (Lipinski definition) is 3. The number of likely N-dealkylation sites (N-methyl/N-ethyl adjacent to an activating group) is 1. The van der Waals surface area contributed by atoms with Crippen molar-refractivity contribution in [2.24, 2.45) is 4.99 Å². The molecule has 0 radical (unpaired) electrons. The van der Waals surface area contributed by atoms with Gasteiger partial charge in [-0.3, -0.25) is 9.89 Å². The van der Waals surface area contributed by atoms with Crippen LogP contribution >= 0.6 is 11.6 Å². The highest BCUT2D eigenvalue weighted by atomic mass is 35.5. The molecular weight excluding hydrogens is 322 g/mol. The first-order valence-corrected chi connectivity index (χ1v) is 8.96. The number of hydrogen-bond donors (Lipinski definition) is 1. The van der Waals surface area contributed by atoms with Gasteiger partial charge in [0.15, 0.2) is 5.96 Å². The fourth-order valence-electron chi connectivity index (χ4n) is 3.00. The Kier molecular flexibility index (Phi) is 7.34. The van der Waals surface area contributed by atoms with E-state index in [2.05, 4.69) is 52.1 Å². The predicted octanol–water partition coefficient (Wildman–Crippen LogP) is 1.98. The summed E-state index contributed by atoms with van der Waals surface area (Å²) in [6.07, 6.45) is 0. The summed E-state index contributed by atoms with van der Waals surface area (Å²) in [5.41, 5.74) is 1.18. The molecule has 134 valence electrons. The lowest BCUT2D eigenvalue weighted by molar-refractivity contribution is 0.119. The zero-order valence-corrected chi connectivity index (χ0v) is 16.1. The number of piperazine rings is 1. The molecule has 1 aromatic rings. The van der Waals surface area contributed by atoms with E-state index in [1.807, 2.05) is 25.2 Å². The van der Waals surface area contributed by atoms with Gasteiger partial charge in [-0.1, -0.05) is 23.7 Å². The van der Waals surface area contributed by atoms with Crippen molar-refractivity contribution in [3.63, 3.8) is 0 Å². The van der Waals surface area contributed by atoms with Gasteiger partial charge in [0, 0.05) is 64.4 Å². The summed E-state index contributed by atoms with van der Waals surface area (Å²) in [4.78, 5) is 11.5. The molecule has 5 nitrogen and oxygen atoms in total. The van der Waals surface area contributed by atoms with Crippen LogP contribution in [0.1, 0.15) is 12.5 Å². The summed E-state index contributed by atoms with van der Waals surface area (Å²) in [6.45, 7) is 8.52. The van der Waals surface area contributed by atoms with Gasteiger partial charge in [-0.2, -0.15) is 0 Å². The van der Waals surface area contributed by atoms with Gasteiger partial charge in [0.05, 0.1) is 0 Å². The summed E-state index contributed by atoms with van der Waals surface area (Å²) >= 11 is 6.07. The molecule has 1 aliphatic rings. The minimum absolute atomic E-state index is 0.495. The van der Waals surface area contributed by atoms with E-state index in [9.17, 15) is 0 Å². The van der Waals surface area contributed by atoms with E-state index in [1.165, 1.54) is 5.56 Å². The third-order valence-electron chi connectivity index (χ3n) is 4.60. The van der Waals surface area contributed by atoms with Crippen molar-refractivity contribution < 1.29 is 0 Å². The van der Waals surface area contributed by atoms with Crippen molar-refractivity contribution in [1.29, 1.82) is 0 Å². The average molecular weight is 352 g/mol. The molecule has 1 unspecified atom stereocenters. The Hall–Kier alpha value is -1.30. The van der Waals surface area contributed by atoms with Crippen LogP contribution in [0.4, 0.5) is 0 Å². The Labute approximate surface area is 151 Å². The third-order valence-corrected chi connectivity index (χ3v) is 4.83. The number of benzene rings is 1. The van der Waals surface area contributed by atoms with Crippen LogP contribution in [0.25, 0.3) is 0 Å². The van der Waals surface area contributed by atoms with Gasteiger partial charge in [0.25, 0.3) is 0 Å². The Morgan fingerprint density at radius 2 is 2.04 bits per heavy atom. The van der Waals surface area contributed by atoms with Crippen LogP contribution in [0.15, 0.2) is 29.3 Å². The molecule has 0 aromatic heterocycles. The maximum absolute atomic E-state index is 6.07. The number of nitrogens with zero attached hydrogens (tertiary/aromatic N) is 4. The van der Waals surface area contributed by atoms with E-state index in [0.29, 0.717) is 6.04 Å². The molecule has 0 saturated carbocycles. The molecule has 1 N–H and O–H groups in total. The highest BCUT2D eigenvalue weighted by Crippen LogP contribution is 2.12.